The number of amides is 2. The van der Waals surface area contributed by atoms with Crippen LogP contribution in [0.25, 0.3) is 0 Å². The molecular formula is C13H14N2O5. The number of carbonyl (C=O) groups is 3. The molecule has 0 spiro atoms. The van der Waals surface area contributed by atoms with Crippen LogP contribution in [0.2, 0.25) is 0 Å². The molecule has 1 saturated heterocycles. The van der Waals surface area contributed by atoms with Crippen LogP contribution in [0.4, 0.5) is 4.79 Å². The first-order valence-electron chi connectivity index (χ1n) is 6.01. The van der Waals surface area contributed by atoms with Crippen LogP contribution in [0.5, 0.6) is 0 Å². The van der Waals surface area contributed by atoms with E-state index in [9.17, 15) is 14.4 Å². The number of benzene rings is 1. The van der Waals surface area contributed by atoms with Crippen molar-refractivity contribution in [3.63, 3.8) is 0 Å². The second-order valence-electron chi connectivity index (χ2n) is 4.22. The van der Waals surface area contributed by atoms with E-state index in [0.29, 0.717) is 0 Å². The molecular weight excluding hydrogens is 264 g/mol. The van der Waals surface area contributed by atoms with Crippen molar-refractivity contribution >= 4 is 18.0 Å². The lowest BCUT2D eigenvalue weighted by atomic mass is 10.1. The van der Waals surface area contributed by atoms with Crippen LogP contribution in [0.3, 0.4) is 0 Å². The van der Waals surface area contributed by atoms with E-state index >= 15 is 0 Å². The van der Waals surface area contributed by atoms with Crippen LogP contribution >= 0.6 is 0 Å². The second kappa shape index (κ2) is 6.05. The van der Waals surface area contributed by atoms with Crippen molar-refractivity contribution in [1.82, 2.24) is 10.6 Å². The molecule has 7 heteroatoms. The number of nitrogens with one attached hydrogen (secondary N) is 2. The summed E-state index contributed by atoms with van der Waals surface area (Å²) in [6.45, 7) is 1.31. The van der Waals surface area contributed by atoms with Crippen molar-refractivity contribution in [2.45, 2.75) is 25.8 Å². The van der Waals surface area contributed by atoms with Gasteiger partial charge in [-0.25, -0.2) is 4.79 Å². The maximum absolute atomic E-state index is 11.5. The normalized spacial score (nSPS) is 20.4. The molecule has 2 amide bonds. The van der Waals surface area contributed by atoms with E-state index < -0.39 is 30.2 Å². The van der Waals surface area contributed by atoms with Gasteiger partial charge in [-0.15, -0.1) is 0 Å². The number of hydrogen-bond acceptors (Lipinski definition) is 5. The van der Waals surface area contributed by atoms with E-state index in [-0.39, 0.29) is 6.61 Å². The molecule has 2 rings (SSSR count). The minimum absolute atomic E-state index is 0.0965. The summed E-state index contributed by atoms with van der Waals surface area (Å²) >= 11 is 0. The molecule has 1 aromatic rings. The number of alkyl carbamates (subject to hydrolysis) is 1. The zero-order valence-electron chi connectivity index (χ0n) is 10.8. The Bertz CT molecular complexity index is 517. The summed E-state index contributed by atoms with van der Waals surface area (Å²) in [7, 11) is 0. The van der Waals surface area contributed by atoms with Crippen molar-refractivity contribution in [2.75, 3.05) is 0 Å². The Balaban J connectivity index is 1.79. The Morgan fingerprint density at radius 1 is 1.30 bits per heavy atom. The first-order valence-corrected chi connectivity index (χ1v) is 6.01. The van der Waals surface area contributed by atoms with E-state index in [1.165, 1.54) is 6.92 Å². The van der Waals surface area contributed by atoms with Crippen LogP contribution in [0, 0.1) is 0 Å². The minimum Gasteiger partial charge on any atom is -0.445 e. The van der Waals surface area contributed by atoms with Crippen LogP contribution < -0.4 is 10.6 Å². The fourth-order valence-corrected chi connectivity index (χ4v) is 1.66. The maximum atomic E-state index is 11.5. The molecule has 2 N–H and O–H groups in total. The predicted octanol–water partition coefficient (Wildman–Crippen LogP) is 0.300. The van der Waals surface area contributed by atoms with Gasteiger partial charge in [0.15, 0.2) is 6.04 Å². The van der Waals surface area contributed by atoms with Gasteiger partial charge in [-0.2, -0.15) is 0 Å². The van der Waals surface area contributed by atoms with E-state index in [1.54, 1.807) is 0 Å². The van der Waals surface area contributed by atoms with Crippen LogP contribution in [0.15, 0.2) is 30.3 Å². The Labute approximate surface area is 115 Å². The third kappa shape index (κ3) is 3.47. The predicted molar refractivity (Wildman–Crippen MR) is 67.2 cm³/mol. The molecule has 0 saturated carbocycles. The van der Waals surface area contributed by atoms with Gasteiger partial charge in [-0.3, -0.25) is 9.59 Å². The second-order valence-corrected chi connectivity index (χ2v) is 4.22. The highest BCUT2D eigenvalue weighted by atomic mass is 16.6. The van der Waals surface area contributed by atoms with Crippen molar-refractivity contribution in [3.05, 3.63) is 35.9 Å². The van der Waals surface area contributed by atoms with Crippen LogP contribution in [-0.2, 0) is 25.7 Å². The van der Waals surface area contributed by atoms with Gasteiger partial charge in [0.05, 0.1) is 0 Å². The first kappa shape index (κ1) is 13.9. The van der Waals surface area contributed by atoms with Crippen molar-refractivity contribution in [3.8, 4) is 0 Å². The van der Waals surface area contributed by atoms with E-state index in [1.807, 2.05) is 30.3 Å². The molecule has 1 unspecified atom stereocenters. The van der Waals surface area contributed by atoms with E-state index in [2.05, 4.69) is 10.6 Å². The van der Waals surface area contributed by atoms with Gasteiger partial charge >= 0.3 is 12.1 Å². The summed E-state index contributed by atoms with van der Waals surface area (Å²) < 4.78 is 9.76. The first-order chi connectivity index (χ1) is 9.56. The zero-order valence-corrected chi connectivity index (χ0v) is 10.8. The summed E-state index contributed by atoms with van der Waals surface area (Å²) in [6, 6.07) is 8.21. The number of β-lactam (4-membered cyclic amide) rings is 1. The lowest BCUT2D eigenvalue weighted by Crippen LogP contribution is -2.70. The third-order valence-electron chi connectivity index (χ3n) is 2.65. The van der Waals surface area contributed by atoms with E-state index in [0.717, 1.165) is 5.56 Å². The fourth-order valence-electron chi connectivity index (χ4n) is 1.66. The lowest BCUT2D eigenvalue weighted by molar-refractivity contribution is -0.162. The average molecular weight is 278 g/mol. The topological polar surface area (TPSA) is 93.7 Å². The van der Waals surface area contributed by atoms with Gasteiger partial charge in [0.1, 0.15) is 6.61 Å². The molecule has 1 aliphatic heterocycles. The van der Waals surface area contributed by atoms with Gasteiger partial charge < -0.3 is 20.1 Å². The molecule has 1 aliphatic rings. The Morgan fingerprint density at radius 3 is 2.60 bits per heavy atom. The molecule has 7 nitrogen and oxygen atoms in total. The third-order valence-corrected chi connectivity index (χ3v) is 2.65. The summed E-state index contributed by atoms with van der Waals surface area (Å²) in [5.74, 6) is -0.965. The molecule has 1 aromatic carbocycles. The number of esters is 1. The summed E-state index contributed by atoms with van der Waals surface area (Å²) in [6.07, 6.45) is -1.59. The highest BCUT2D eigenvalue weighted by molar-refractivity contribution is 5.92. The standard InChI is InChI=1S/C13H14N2O5/c1-8(16)20-12-10(11(17)15-12)14-13(18)19-7-9-5-3-2-4-6-9/h2-6,10,12H,7H2,1H3,(H,14,18)(H,15,17)/t10-,12?/m0/s1. The SMILES string of the molecule is CC(=O)OC1NC(=O)[C@@H]1NC(=O)OCc1ccccc1. The molecule has 1 heterocycles. The maximum Gasteiger partial charge on any atom is 0.408 e. The minimum atomic E-state index is -0.915. The smallest absolute Gasteiger partial charge is 0.408 e. The molecule has 0 bridgehead atoms. The molecule has 1 fully saturated rings. The number of carbonyl (C=O) groups excluding carboxylic acids is 3. The van der Waals surface area contributed by atoms with Gasteiger partial charge in [0, 0.05) is 6.92 Å². The molecule has 106 valence electrons. The number of rotatable bonds is 4. The van der Waals surface area contributed by atoms with Crippen molar-refractivity contribution in [1.29, 1.82) is 0 Å². The summed E-state index contributed by atoms with van der Waals surface area (Å²) in [5, 5.41) is 4.69. The highest BCUT2D eigenvalue weighted by Gasteiger charge is 2.43. The van der Waals surface area contributed by atoms with E-state index in [4.69, 9.17) is 9.47 Å². The number of hydrogen-bond donors (Lipinski definition) is 2. The fraction of sp³-hybridized carbons (Fsp3) is 0.308. The number of ether oxygens (including phenoxy) is 2. The van der Waals surface area contributed by atoms with Crippen molar-refractivity contribution in [2.24, 2.45) is 0 Å². The lowest BCUT2D eigenvalue weighted by Gasteiger charge is -2.35. The Hall–Kier alpha value is -2.57. The Kier molecular flexibility index (Phi) is 4.19. The van der Waals surface area contributed by atoms with Gasteiger partial charge in [-0.05, 0) is 5.56 Å². The molecule has 0 aliphatic carbocycles. The summed E-state index contributed by atoms with van der Waals surface area (Å²) in [5.41, 5.74) is 0.831. The largest absolute Gasteiger partial charge is 0.445 e. The van der Waals surface area contributed by atoms with Gasteiger partial charge in [0.25, 0.3) is 5.91 Å². The van der Waals surface area contributed by atoms with Crippen molar-refractivity contribution < 1.29 is 23.9 Å². The highest BCUT2D eigenvalue weighted by Crippen LogP contribution is 2.09. The average Bonchev–Trinajstić information content (AvgIpc) is 2.43. The monoisotopic (exact) mass is 278 g/mol. The Morgan fingerprint density at radius 2 is 2.00 bits per heavy atom. The molecule has 0 radical (unpaired) electrons. The van der Waals surface area contributed by atoms with Gasteiger partial charge in [0.2, 0.25) is 6.23 Å². The summed E-state index contributed by atoms with van der Waals surface area (Å²) in [4.78, 5) is 33.6. The zero-order chi connectivity index (χ0) is 14.5. The molecule has 0 aromatic heterocycles. The molecule has 2 atom stereocenters. The quantitative estimate of drug-likeness (QED) is 0.610. The van der Waals surface area contributed by atoms with Gasteiger partial charge in [-0.1, -0.05) is 30.3 Å². The van der Waals surface area contributed by atoms with Crippen LogP contribution in [-0.4, -0.2) is 30.2 Å². The van der Waals surface area contributed by atoms with Crippen LogP contribution in [0.1, 0.15) is 12.5 Å². The molecule has 20 heavy (non-hydrogen) atoms.